The van der Waals surface area contributed by atoms with Crippen LogP contribution in [-0.2, 0) is 9.57 Å². The van der Waals surface area contributed by atoms with Gasteiger partial charge >= 0.3 is 5.97 Å². The number of rotatable bonds is 7. The number of thiophene rings is 1. The van der Waals surface area contributed by atoms with Gasteiger partial charge in [-0.3, -0.25) is 15.1 Å². The molecule has 1 unspecified atom stereocenters. The number of carbonyl (C=O) groups is 2. The first-order valence-electron chi connectivity index (χ1n) is 9.74. The molecule has 164 valence electrons. The van der Waals surface area contributed by atoms with Gasteiger partial charge in [0.05, 0.1) is 34.1 Å². The Balaban J connectivity index is 1.32. The van der Waals surface area contributed by atoms with Crippen molar-refractivity contribution in [2.45, 2.75) is 6.10 Å². The Hall–Kier alpha value is -3.33. The van der Waals surface area contributed by atoms with Crippen molar-refractivity contribution < 1.29 is 19.2 Å². The minimum atomic E-state index is -0.366. The summed E-state index contributed by atoms with van der Waals surface area (Å²) in [5, 5.41) is 6.13. The molecule has 2 heterocycles. The number of carbonyl (C=O) groups excluding carboxylic acids is 2. The molecule has 0 aliphatic carbocycles. The highest BCUT2D eigenvalue weighted by molar-refractivity contribution is 7.18. The quantitative estimate of drug-likeness (QED) is 0.438. The monoisotopic (exact) mass is 469 g/mol. The SMILES string of the molecule is COC(=O)c1ccc(Nc2ccc(C3=CC(CNC(=O)c4ccc(Cl)s4)ON3)cc2)cc1. The highest BCUT2D eigenvalue weighted by Gasteiger charge is 2.19. The maximum Gasteiger partial charge on any atom is 0.337 e. The molecule has 3 aromatic rings. The molecule has 0 bridgehead atoms. The predicted octanol–water partition coefficient (Wildman–Crippen LogP) is 4.61. The lowest BCUT2D eigenvalue weighted by atomic mass is 10.1. The zero-order valence-electron chi connectivity index (χ0n) is 17.1. The van der Waals surface area contributed by atoms with Crippen LogP contribution in [0.4, 0.5) is 11.4 Å². The van der Waals surface area contributed by atoms with Crippen LogP contribution in [-0.4, -0.2) is 31.6 Å². The average Bonchev–Trinajstić information content (AvgIpc) is 3.47. The van der Waals surface area contributed by atoms with Crippen molar-refractivity contribution in [1.82, 2.24) is 10.8 Å². The molecule has 3 N–H and O–H groups in total. The van der Waals surface area contributed by atoms with Crippen molar-refractivity contribution in [3.8, 4) is 0 Å². The first kappa shape index (κ1) is 21.9. The third-order valence-electron chi connectivity index (χ3n) is 4.72. The number of ether oxygens (including phenoxy) is 1. The fourth-order valence-electron chi connectivity index (χ4n) is 3.07. The zero-order chi connectivity index (χ0) is 22.5. The van der Waals surface area contributed by atoms with Crippen LogP contribution in [0.2, 0.25) is 4.34 Å². The molecule has 4 rings (SSSR count). The van der Waals surface area contributed by atoms with Gasteiger partial charge in [-0.05, 0) is 60.2 Å². The van der Waals surface area contributed by atoms with Gasteiger partial charge in [-0.25, -0.2) is 4.79 Å². The molecular formula is C23H20ClN3O4S. The molecule has 0 spiro atoms. The molecule has 1 amide bonds. The van der Waals surface area contributed by atoms with Gasteiger partial charge < -0.3 is 15.4 Å². The van der Waals surface area contributed by atoms with Gasteiger partial charge in [0.15, 0.2) is 0 Å². The summed E-state index contributed by atoms with van der Waals surface area (Å²) in [6, 6.07) is 18.3. The third-order valence-corrected chi connectivity index (χ3v) is 5.95. The Labute approximate surface area is 194 Å². The van der Waals surface area contributed by atoms with Crippen molar-refractivity contribution >= 4 is 51.9 Å². The second-order valence-corrected chi connectivity index (χ2v) is 8.64. The van der Waals surface area contributed by atoms with E-state index in [2.05, 4.69) is 16.1 Å². The van der Waals surface area contributed by atoms with E-state index in [1.54, 1.807) is 24.3 Å². The highest BCUT2D eigenvalue weighted by atomic mass is 35.5. The van der Waals surface area contributed by atoms with Gasteiger partial charge in [0.25, 0.3) is 5.91 Å². The summed E-state index contributed by atoms with van der Waals surface area (Å²) in [7, 11) is 1.36. The number of amides is 1. The Morgan fingerprint density at radius 3 is 2.38 bits per heavy atom. The number of halogens is 1. The first-order chi connectivity index (χ1) is 15.5. The Bertz CT molecular complexity index is 1140. The standard InChI is InChI=1S/C23H20ClN3O4S/c1-30-23(29)15-4-8-17(9-5-15)26-16-6-2-14(3-7-16)19-12-18(31-27-19)13-25-22(28)20-10-11-21(24)32-20/h2-12,18,26-27H,13H2,1H3,(H,25,28). The second kappa shape index (κ2) is 9.86. The van der Waals surface area contributed by atoms with Crippen LogP contribution in [0.15, 0.2) is 66.7 Å². The van der Waals surface area contributed by atoms with E-state index in [0.29, 0.717) is 21.3 Å². The van der Waals surface area contributed by atoms with Crippen LogP contribution in [0, 0.1) is 0 Å². The summed E-state index contributed by atoms with van der Waals surface area (Å²) in [6.07, 6.45) is 1.64. The summed E-state index contributed by atoms with van der Waals surface area (Å²) in [5.74, 6) is -0.545. The number of anilines is 2. The van der Waals surface area contributed by atoms with Crippen LogP contribution < -0.4 is 16.1 Å². The number of esters is 1. The van der Waals surface area contributed by atoms with Gasteiger partial charge in [-0.1, -0.05) is 23.7 Å². The van der Waals surface area contributed by atoms with E-state index in [9.17, 15) is 9.59 Å². The lowest BCUT2D eigenvalue weighted by Gasteiger charge is -2.09. The molecule has 9 heteroatoms. The molecular weight excluding hydrogens is 450 g/mol. The summed E-state index contributed by atoms with van der Waals surface area (Å²) in [6.45, 7) is 0.339. The maximum atomic E-state index is 12.1. The Morgan fingerprint density at radius 2 is 1.75 bits per heavy atom. The number of benzene rings is 2. The molecule has 1 atom stereocenters. The Morgan fingerprint density at radius 1 is 1.06 bits per heavy atom. The van der Waals surface area contributed by atoms with Crippen LogP contribution in [0.25, 0.3) is 5.70 Å². The number of hydrogen-bond acceptors (Lipinski definition) is 7. The molecule has 1 aliphatic heterocycles. The lowest BCUT2D eigenvalue weighted by molar-refractivity contribution is 0.0499. The summed E-state index contributed by atoms with van der Waals surface area (Å²) in [5.41, 5.74) is 6.95. The minimum Gasteiger partial charge on any atom is -0.465 e. The average molecular weight is 470 g/mol. The van der Waals surface area contributed by atoms with Gasteiger partial charge in [0.1, 0.15) is 6.10 Å². The van der Waals surface area contributed by atoms with E-state index in [0.717, 1.165) is 22.6 Å². The fraction of sp³-hybridized carbons (Fsp3) is 0.130. The maximum absolute atomic E-state index is 12.1. The molecule has 0 fully saturated rings. The highest BCUT2D eigenvalue weighted by Crippen LogP contribution is 2.23. The zero-order valence-corrected chi connectivity index (χ0v) is 18.6. The van der Waals surface area contributed by atoms with E-state index in [4.69, 9.17) is 21.2 Å². The molecule has 2 aromatic carbocycles. The summed E-state index contributed by atoms with van der Waals surface area (Å²) >= 11 is 7.11. The van der Waals surface area contributed by atoms with E-state index < -0.39 is 0 Å². The van der Waals surface area contributed by atoms with Crippen LogP contribution in [0.3, 0.4) is 0 Å². The van der Waals surface area contributed by atoms with Gasteiger partial charge in [0, 0.05) is 11.4 Å². The molecule has 7 nitrogen and oxygen atoms in total. The van der Waals surface area contributed by atoms with E-state index in [1.165, 1.54) is 18.4 Å². The third kappa shape index (κ3) is 5.28. The van der Waals surface area contributed by atoms with Gasteiger partial charge in [0.2, 0.25) is 0 Å². The molecule has 1 aromatic heterocycles. The fourth-order valence-corrected chi connectivity index (χ4v) is 4.03. The lowest BCUT2D eigenvalue weighted by Crippen LogP contribution is -2.31. The molecule has 0 saturated carbocycles. The predicted molar refractivity (Wildman–Crippen MR) is 125 cm³/mol. The van der Waals surface area contributed by atoms with E-state index in [1.807, 2.05) is 42.5 Å². The van der Waals surface area contributed by atoms with Crippen molar-refractivity contribution in [1.29, 1.82) is 0 Å². The number of hydrogen-bond donors (Lipinski definition) is 3. The van der Waals surface area contributed by atoms with Crippen molar-refractivity contribution in [3.63, 3.8) is 0 Å². The molecule has 0 radical (unpaired) electrons. The molecule has 0 saturated heterocycles. The largest absolute Gasteiger partial charge is 0.465 e. The molecule has 32 heavy (non-hydrogen) atoms. The summed E-state index contributed by atoms with van der Waals surface area (Å²) in [4.78, 5) is 29.8. The normalized spacial score (nSPS) is 14.9. The van der Waals surface area contributed by atoms with Crippen LogP contribution in [0.5, 0.6) is 0 Å². The van der Waals surface area contributed by atoms with E-state index >= 15 is 0 Å². The van der Waals surface area contributed by atoms with E-state index in [-0.39, 0.29) is 18.0 Å². The minimum absolute atomic E-state index is 0.178. The topological polar surface area (TPSA) is 88.7 Å². The van der Waals surface area contributed by atoms with Crippen LogP contribution >= 0.6 is 22.9 Å². The van der Waals surface area contributed by atoms with Gasteiger partial charge in [-0.2, -0.15) is 0 Å². The van der Waals surface area contributed by atoms with Crippen molar-refractivity contribution in [3.05, 3.63) is 87.1 Å². The molecule has 1 aliphatic rings. The number of methoxy groups -OCH3 is 1. The smallest absolute Gasteiger partial charge is 0.337 e. The van der Waals surface area contributed by atoms with Crippen molar-refractivity contribution in [2.24, 2.45) is 0 Å². The first-order valence-corrected chi connectivity index (χ1v) is 10.9. The van der Waals surface area contributed by atoms with Crippen molar-refractivity contribution in [2.75, 3.05) is 19.0 Å². The Kier molecular flexibility index (Phi) is 6.75. The van der Waals surface area contributed by atoms with Crippen LogP contribution in [0.1, 0.15) is 25.6 Å². The number of nitrogens with one attached hydrogen (secondary N) is 3. The number of hydroxylamine groups is 1. The second-order valence-electron chi connectivity index (χ2n) is 6.92. The summed E-state index contributed by atoms with van der Waals surface area (Å²) < 4.78 is 5.28. The van der Waals surface area contributed by atoms with Gasteiger partial charge in [-0.15, -0.1) is 11.3 Å².